The molecule has 0 spiro atoms. The SMILES string of the molecule is N#CCCS(=O)(=O)CCCCOc1ccc(Cl)cc1. The molecule has 1 aromatic rings. The van der Waals surface area contributed by atoms with Gasteiger partial charge in [0.25, 0.3) is 0 Å². The van der Waals surface area contributed by atoms with E-state index in [1.807, 2.05) is 6.07 Å². The first-order valence-corrected chi connectivity index (χ1v) is 8.19. The molecule has 0 unspecified atom stereocenters. The smallest absolute Gasteiger partial charge is 0.151 e. The molecule has 19 heavy (non-hydrogen) atoms. The van der Waals surface area contributed by atoms with E-state index in [-0.39, 0.29) is 17.9 Å². The number of nitriles is 1. The average molecular weight is 302 g/mol. The van der Waals surface area contributed by atoms with Crippen LogP contribution in [-0.4, -0.2) is 26.5 Å². The number of hydrogen-bond donors (Lipinski definition) is 0. The van der Waals surface area contributed by atoms with Crippen molar-refractivity contribution in [2.75, 3.05) is 18.1 Å². The molecule has 0 radical (unpaired) electrons. The second-order valence-corrected chi connectivity index (χ2v) is 6.81. The van der Waals surface area contributed by atoms with Crippen LogP contribution >= 0.6 is 11.6 Å². The number of ether oxygens (including phenoxy) is 1. The molecule has 0 atom stereocenters. The molecule has 6 heteroatoms. The van der Waals surface area contributed by atoms with Gasteiger partial charge in [-0.05, 0) is 37.1 Å². The summed E-state index contributed by atoms with van der Waals surface area (Å²) < 4.78 is 28.4. The van der Waals surface area contributed by atoms with E-state index in [2.05, 4.69) is 0 Å². The van der Waals surface area contributed by atoms with Crippen molar-refractivity contribution >= 4 is 21.4 Å². The summed E-state index contributed by atoms with van der Waals surface area (Å²) in [7, 11) is -3.09. The Labute approximate surface area is 118 Å². The van der Waals surface area contributed by atoms with Gasteiger partial charge in [-0.2, -0.15) is 5.26 Å². The molecule has 0 aromatic heterocycles. The van der Waals surface area contributed by atoms with Crippen LogP contribution in [0.5, 0.6) is 5.75 Å². The molecule has 0 aliphatic carbocycles. The second kappa shape index (κ2) is 8.03. The van der Waals surface area contributed by atoms with Crippen LogP contribution < -0.4 is 4.74 Å². The van der Waals surface area contributed by atoms with Gasteiger partial charge in [0.2, 0.25) is 0 Å². The minimum Gasteiger partial charge on any atom is -0.494 e. The Morgan fingerprint density at radius 3 is 2.47 bits per heavy atom. The summed E-state index contributed by atoms with van der Waals surface area (Å²) in [6, 6.07) is 8.86. The Hall–Kier alpha value is -1.25. The van der Waals surface area contributed by atoms with Crippen molar-refractivity contribution < 1.29 is 13.2 Å². The van der Waals surface area contributed by atoms with Crippen LogP contribution in [0.1, 0.15) is 19.3 Å². The molecular weight excluding hydrogens is 286 g/mol. The minimum absolute atomic E-state index is 0.0540. The third-order valence-electron chi connectivity index (χ3n) is 2.46. The summed E-state index contributed by atoms with van der Waals surface area (Å²) >= 11 is 5.74. The van der Waals surface area contributed by atoms with Gasteiger partial charge in [0.1, 0.15) is 5.75 Å². The summed E-state index contributed by atoms with van der Waals surface area (Å²) in [5.74, 6) is 0.775. The van der Waals surface area contributed by atoms with Gasteiger partial charge in [-0.15, -0.1) is 0 Å². The first-order valence-electron chi connectivity index (χ1n) is 5.99. The van der Waals surface area contributed by atoms with Crippen molar-refractivity contribution in [1.29, 1.82) is 5.26 Å². The third-order valence-corrected chi connectivity index (χ3v) is 4.45. The van der Waals surface area contributed by atoms with Crippen LogP contribution in [0, 0.1) is 11.3 Å². The number of sulfone groups is 1. The quantitative estimate of drug-likeness (QED) is 0.692. The molecule has 1 rings (SSSR count). The van der Waals surface area contributed by atoms with E-state index in [1.54, 1.807) is 24.3 Å². The predicted molar refractivity (Wildman–Crippen MR) is 75.1 cm³/mol. The van der Waals surface area contributed by atoms with Crippen LogP contribution in [0.4, 0.5) is 0 Å². The van der Waals surface area contributed by atoms with Crippen molar-refractivity contribution in [1.82, 2.24) is 0 Å². The van der Waals surface area contributed by atoms with Gasteiger partial charge in [0.15, 0.2) is 9.84 Å². The van der Waals surface area contributed by atoms with Gasteiger partial charge >= 0.3 is 0 Å². The highest BCUT2D eigenvalue weighted by molar-refractivity contribution is 7.91. The maximum atomic E-state index is 11.5. The summed E-state index contributed by atoms with van der Waals surface area (Å²) in [5, 5.41) is 8.99. The lowest BCUT2D eigenvalue weighted by atomic mass is 10.3. The van der Waals surface area contributed by atoms with Gasteiger partial charge in [0, 0.05) is 11.4 Å². The zero-order chi connectivity index (χ0) is 14.1. The fourth-order valence-electron chi connectivity index (χ4n) is 1.45. The summed E-state index contributed by atoms with van der Waals surface area (Å²) in [4.78, 5) is 0. The zero-order valence-electron chi connectivity index (χ0n) is 10.5. The van der Waals surface area contributed by atoms with E-state index in [0.29, 0.717) is 24.5 Å². The molecule has 104 valence electrons. The van der Waals surface area contributed by atoms with Crippen molar-refractivity contribution in [3.05, 3.63) is 29.3 Å². The molecule has 0 aliphatic heterocycles. The maximum absolute atomic E-state index is 11.5. The van der Waals surface area contributed by atoms with Crippen molar-refractivity contribution in [2.45, 2.75) is 19.3 Å². The highest BCUT2D eigenvalue weighted by Crippen LogP contribution is 2.15. The largest absolute Gasteiger partial charge is 0.494 e. The van der Waals surface area contributed by atoms with Crippen LogP contribution in [0.25, 0.3) is 0 Å². The standard InChI is InChI=1S/C13H16ClNO3S/c14-12-4-6-13(7-5-12)18-9-1-2-10-19(16,17)11-3-8-15/h4-7H,1-3,9-11H2. The van der Waals surface area contributed by atoms with Gasteiger partial charge in [0.05, 0.1) is 24.2 Å². The third kappa shape index (κ3) is 7.04. The topological polar surface area (TPSA) is 67.2 Å². The first kappa shape index (κ1) is 15.8. The van der Waals surface area contributed by atoms with Gasteiger partial charge in [-0.3, -0.25) is 0 Å². The zero-order valence-corrected chi connectivity index (χ0v) is 12.1. The van der Waals surface area contributed by atoms with Crippen LogP contribution in [0.15, 0.2) is 24.3 Å². The number of benzene rings is 1. The van der Waals surface area contributed by atoms with Gasteiger partial charge in [-0.1, -0.05) is 11.6 Å². The van der Waals surface area contributed by atoms with E-state index in [9.17, 15) is 8.42 Å². The second-order valence-electron chi connectivity index (χ2n) is 4.07. The van der Waals surface area contributed by atoms with Crippen molar-refractivity contribution in [2.24, 2.45) is 0 Å². The highest BCUT2D eigenvalue weighted by Gasteiger charge is 2.09. The minimum atomic E-state index is -3.09. The fourth-order valence-corrected chi connectivity index (χ4v) is 2.82. The number of unbranched alkanes of at least 4 members (excludes halogenated alkanes) is 1. The average Bonchev–Trinajstić information content (AvgIpc) is 2.38. The Balaban J connectivity index is 2.18. The van der Waals surface area contributed by atoms with Crippen LogP contribution in [0.2, 0.25) is 5.02 Å². The molecule has 4 nitrogen and oxygen atoms in total. The van der Waals surface area contributed by atoms with Gasteiger partial charge < -0.3 is 4.74 Å². The fraction of sp³-hybridized carbons (Fsp3) is 0.462. The van der Waals surface area contributed by atoms with Crippen molar-refractivity contribution in [3.8, 4) is 11.8 Å². The first-order chi connectivity index (χ1) is 9.03. The van der Waals surface area contributed by atoms with E-state index < -0.39 is 9.84 Å². The Kier molecular flexibility index (Phi) is 6.68. The van der Waals surface area contributed by atoms with E-state index in [1.165, 1.54) is 0 Å². The van der Waals surface area contributed by atoms with E-state index in [0.717, 1.165) is 5.75 Å². The number of hydrogen-bond acceptors (Lipinski definition) is 4. The molecular formula is C13H16ClNO3S. The number of nitrogens with zero attached hydrogens (tertiary/aromatic N) is 1. The molecule has 0 bridgehead atoms. The van der Waals surface area contributed by atoms with Gasteiger partial charge in [-0.25, -0.2) is 8.42 Å². The predicted octanol–water partition coefficient (Wildman–Crippen LogP) is 2.83. The lowest BCUT2D eigenvalue weighted by molar-refractivity contribution is 0.309. The van der Waals surface area contributed by atoms with E-state index in [4.69, 9.17) is 21.6 Å². The van der Waals surface area contributed by atoms with Crippen LogP contribution in [0.3, 0.4) is 0 Å². The van der Waals surface area contributed by atoms with E-state index >= 15 is 0 Å². The number of rotatable bonds is 8. The Bertz CT molecular complexity index is 520. The molecule has 0 N–H and O–H groups in total. The molecule has 1 aromatic carbocycles. The molecule has 0 aliphatic rings. The molecule has 0 saturated carbocycles. The monoisotopic (exact) mass is 301 g/mol. The molecule has 0 fully saturated rings. The summed E-state index contributed by atoms with van der Waals surface area (Å²) in [6.07, 6.45) is 1.26. The highest BCUT2D eigenvalue weighted by atomic mass is 35.5. The summed E-state index contributed by atoms with van der Waals surface area (Å²) in [6.45, 7) is 0.468. The normalized spacial score (nSPS) is 10.9. The lowest BCUT2D eigenvalue weighted by Gasteiger charge is -2.06. The molecule has 0 saturated heterocycles. The number of halogens is 1. The van der Waals surface area contributed by atoms with Crippen molar-refractivity contribution in [3.63, 3.8) is 0 Å². The lowest BCUT2D eigenvalue weighted by Crippen LogP contribution is -2.11. The Morgan fingerprint density at radius 1 is 1.16 bits per heavy atom. The molecule has 0 amide bonds. The Morgan fingerprint density at radius 2 is 1.84 bits per heavy atom. The van der Waals surface area contributed by atoms with Crippen LogP contribution in [-0.2, 0) is 9.84 Å². The maximum Gasteiger partial charge on any atom is 0.151 e. The molecule has 0 heterocycles. The summed E-state index contributed by atoms with van der Waals surface area (Å²) in [5.41, 5.74) is 0.